The van der Waals surface area contributed by atoms with Crippen molar-refractivity contribution in [2.75, 3.05) is 45.8 Å². The first-order valence-electron chi connectivity index (χ1n) is 8.53. The molecular weight excluding hydrogens is 308 g/mol. The lowest BCUT2D eigenvalue weighted by Gasteiger charge is -2.24. The molecule has 1 atom stereocenters. The third-order valence-corrected chi connectivity index (χ3v) is 4.59. The molecule has 1 aromatic carbocycles. The van der Waals surface area contributed by atoms with Crippen LogP contribution in [0.5, 0.6) is 11.5 Å². The van der Waals surface area contributed by atoms with E-state index in [-0.39, 0.29) is 5.91 Å². The maximum Gasteiger partial charge on any atom is 0.238 e. The van der Waals surface area contributed by atoms with Crippen molar-refractivity contribution in [3.05, 3.63) is 18.2 Å². The first-order valence-corrected chi connectivity index (χ1v) is 8.53. The van der Waals surface area contributed by atoms with Crippen LogP contribution < -0.4 is 14.8 Å². The second kappa shape index (κ2) is 7.85. The molecule has 2 fully saturated rings. The smallest absolute Gasteiger partial charge is 0.238 e. The van der Waals surface area contributed by atoms with Crippen molar-refractivity contribution in [2.24, 2.45) is 5.92 Å². The standard InChI is InChI=1S/C18H26N2O4/c1-22-16-6-3-14(9-17(16)23-2)19-18(21)11-20(15-4-5-15)10-13-7-8-24-12-13/h3,6,9,13,15H,4-5,7-8,10-12H2,1-2H3,(H,19,21). The Morgan fingerprint density at radius 3 is 2.67 bits per heavy atom. The van der Waals surface area contributed by atoms with Gasteiger partial charge in [-0.3, -0.25) is 9.69 Å². The van der Waals surface area contributed by atoms with Gasteiger partial charge >= 0.3 is 0 Å². The van der Waals surface area contributed by atoms with Crippen LogP contribution in [0.25, 0.3) is 0 Å². The van der Waals surface area contributed by atoms with Crippen LogP contribution in [0, 0.1) is 5.92 Å². The summed E-state index contributed by atoms with van der Waals surface area (Å²) in [5.41, 5.74) is 0.720. The fourth-order valence-electron chi connectivity index (χ4n) is 3.14. The number of hydrogen-bond donors (Lipinski definition) is 1. The molecule has 0 aromatic heterocycles. The van der Waals surface area contributed by atoms with Crippen LogP contribution in [-0.2, 0) is 9.53 Å². The lowest BCUT2D eigenvalue weighted by Crippen LogP contribution is -2.38. The number of carbonyl (C=O) groups excluding carboxylic acids is 1. The molecule has 1 heterocycles. The third-order valence-electron chi connectivity index (χ3n) is 4.59. The van der Waals surface area contributed by atoms with E-state index < -0.39 is 0 Å². The molecule has 0 radical (unpaired) electrons. The van der Waals surface area contributed by atoms with E-state index in [0.29, 0.717) is 30.0 Å². The van der Waals surface area contributed by atoms with Gasteiger partial charge in [0, 0.05) is 30.9 Å². The van der Waals surface area contributed by atoms with Crippen LogP contribution in [0.4, 0.5) is 5.69 Å². The number of methoxy groups -OCH3 is 2. The maximum atomic E-state index is 12.4. The number of benzene rings is 1. The highest BCUT2D eigenvalue weighted by atomic mass is 16.5. The van der Waals surface area contributed by atoms with E-state index in [2.05, 4.69) is 10.2 Å². The molecule has 0 spiro atoms. The van der Waals surface area contributed by atoms with Gasteiger partial charge in [0.2, 0.25) is 5.91 Å². The van der Waals surface area contributed by atoms with Gasteiger partial charge in [-0.25, -0.2) is 0 Å². The van der Waals surface area contributed by atoms with Crippen LogP contribution in [-0.4, -0.2) is 57.4 Å². The minimum Gasteiger partial charge on any atom is -0.493 e. The Balaban J connectivity index is 1.57. The molecule has 6 heteroatoms. The van der Waals surface area contributed by atoms with E-state index in [1.807, 2.05) is 6.07 Å². The topological polar surface area (TPSA) is 60.0 Å². The average Bonchev–Trinajstić information content (AvgIpc) is 3.31. The van der Waals surface area contributed by atoms with Crippen molar-refractivity contribution < 1.29 is 19.0 Å². The summed E-state index contributed by atoms with van der Waals surface area (Å²) in [5.74, 6) is 1.82. The minimum absolute atomic E-state index is 0.00744. The van der Waals surface area contributed by atoms with Gasteiger partial charge in [-0.05, 0) is 37.3 Å². The molecule has 6 nitrogen and oxygen atoms in total. The monoisotopic (exact) mass is 334 g/mol. The summed E-state index contributed by atoms with van der Waals surface area (Å²) in [5, 5.41) is 2.96. The summed E-state index contributed by atoms with van der Waals surface area (Å²) in [6.45, 7) is 3.04. The van der Waals surface area contributed by atoms with E-state index in [1.54, 1.807) is 26.4 Å². The molecule has 1 unspecified atom stereocenters. The van der Waals surface area contributed by atoms with Gasteiger partial charge in [-0.15, -0.1) is 0 Å². The molecule has 1 aromatic rings. The molecule has 1 saturated heterocycles. The fourth-order valence-corrected chi connectivity index (χ4v) is 3.14. The SMILES string of the molecule is COc1ccc(NC(=O)CN(CC2CCOC2)C2CC2)cc1OC. The van der Waals surface area contributed by atoms with Gasteiger partial charge in [0.25, 0.3) is 0 Å². The Kier molecular flexibility index (Phi) is 5.58. The Bertz CT molecular complexity index is 568. The van der Waals surface area contributed by atoms with Crippen LogP contribution in [0.15, 0.2) is 18.2 Å². The van der Waals surface area contributed by atoms with Crippen molar-refractivity contribution >= 4 is 11.6 Å². The number of rotatable bonds is 8. The van der Waals surface area contributed by atoms with Gasteiger partial charge in [0.1, 0.15) is 0 Å². The maximum absolute atomic E-state index is 12.4. The molecule has 24 heavy (non-hydrogen) atoms. The average molecular weight is 334 g/mol. The lowest BCUT2D eigenvalue weighted by molar-refractivity contribution is -0.117. The van der Waals surface area contributed by atoms with Crippen molar-refractivity contribution in [2.45, 2.75) is 25.3 Å². The van der Waals surface area contributed by atoms with Gasteiger partial charge < -0.3 is 19.5 Å². The number of anilines is 1. The highest BCUT2D eigenvalue weighted by Gasteiger charge is 2.32. The Labute approximate surface area is 143 Å². The summed E-state index contributed by atoms with van der Waals surface area (Å²) in [6, 6.07) is 5.96. The molecule has 2 aliphatic rings. The van der Waals surface area contributed by atoms with Crippen LogP contribution in [0.2, 0.25) is 0 Å². The van der Waals surface area contributed by atoms with Crippen molar-refractivity contribution in [3.63, 3.8) is 0 Å². The molecular formula is C18H26N2O4. The van der Waals surface area contributed by atoms with Crippen molar-refractivity contribution in [1.82, 2.24) is 4.90 Å². The van der Waals surface area contributed by atoms with E-state index in [9.17, 15) is 4.79 Å². The summed E-state index contributed by atoms with van der Waals surface area (Å²) in [6.07, 6.45) is 3.48. The zero-order valence-electron chi connectivity index (χ0n) is 14.4. The molecule has 1 saturated carbocycles. The largest absolute Gasteiger partial charge is 0.493 e. The predicted molar refractivity (Wildman–Crippen MR) is 91.7 cm³/mol. The number of nitrogens with zero attached hydrogens (tertiary/aromatic N) is 1. The van der Waals surface area contributed by atoms with Crippen LogP contribution >= 0.6 is 0 Å². The lowest BCUT2D eigenvalue weighted by atomic mass is 10.1. The van der Waals surface area contributed by atoms with Gasteiger partial charge in [0.05, 0.1) is 27.4 Å². The quantitative estimate of drug-likeness (QED) is 0.789. The van der Waals surface area contributed by atoms with E-state index in [4.69, 9.17) is 14.2 Å². The third kappa shape index (κ3) is 4.39. The Morgan fingerprint density at radius 2 is 2.04 bits per heavy atom. The Morgan fingerprint density at radius 1 is 1.25 bits per heavy atom. The molecule has 132 valence electrons. The first kappa shape index (κ1) is 17.0. The second-order valence-corrected chi connectivity index (χ2v) is 6.51. The number of ether oxygens (including phenoxy) is 3. The molecule has 1 aliphatic carbocycles. The summed E-state index contributed by atoms with van der Waals surface area (Å²) >= 11 is 0. The summed E-state index contributed by atoms with van der Waals surface area (Å²) in [7, 11) is 3.18. The molecule has 0 bridgehead atoms. The first-order chi connectivity index (χ1) is 11.7. The number of hydrogen-bond acceptors (Lipinski definition) is 5. The zero-order chi connectivity index (χ0) is 16.9. The highest BCUT2D eigenvalue weighted by Crippen LogP contribution is 2.31. The normalized spacial score (nSPS) is 20.2. The summed E-state index contributed by atoms with van der Waals surface area (Å²) in [4.78, 5) is 14.7. The molecule has 1 N–H and O–H groups in total. The molecule has 3 rings (SSSR count). The predicted octanol–water partition coefficient (Wildman–Crippen LogP) is 2.14. The Hall–Kier alpha value is -1.79. The van der Waals surface area contributed by atoms with Crippen molar-refractivity contribution in [1.29, 1.82) is 0 Å². The van der Waals surface area contributed by atoms with Gasteiger partial charge in [-0.2, -0.15) is 0 Å². The van der Waals surface area contributed by atoms with Crippen molar-refractivity contribution in [3.8, 4) is 11.5 Å². The number of nitrogens with one attached hydrogen (secondary N) is 1. The molecule has 1 aliphatic heterocycles. The minimum atomic E-state index is 0.00744. The fraction of sp³-hybridized carbons (Fsp3) is 0.611. The van der Waals surface area contributed by atoms with E-state index in [1.165, 1.54) is 12.8 Å². The van der Waals surface area contributed by atoms with Gasteiger partial charge in [-0.1, -0.05) is 0 Å². The van der Waals surface area contributed by atoms with Crippen LogP contribution in [0.1, 0.15) is 19.3 Å². The second-order valence-electron chi connectivity index (χ2n) is 6.51. The van der Waals surface area contributed by atoms with Crippen LogP contribution in [0.3, 0.4) is 0 Å². The highest BCUT2D eigenvalue weighted by molar-refractivity contribution is 5.92. The molecule has 1 amide bonds. The van der Waals surface area contributed by atoms with E-state index in [0.717, 1.165) is 31.9 Å². The number of carbonyl (C=O) groups is 1. The van der Waals surface area contributed by atoms with Gasteiger partial charge in [0.15, 0.2) is 11.5 Å². The number of amides is 1. The van der Waals surface area contributed by atoms with E-state index >= 15 is 0 Å². The zero-order valence-corrected chi connectivity index (χ0v) is 14.4. The summed E-state index contributed by atoms with van der Waals surface area (Å²) < 4.78 is 15.9.